The van der Waals surface area contributed by atoms with Crippen molar-refractivity contribution >= 4 is 17.7 Å². The highest BCUT2D eigenvalue weighted by molar-refractivity contribution is 5.93. The van der Waals surface area contributed by atoms with Gasteiger partial charge < -0.3 is 9.64 Å². The second kappa shape index (κ2) is 5.08. The van der Waals surface area contributed by atoms with E-state index in [0.29, 0.717) is 6.54 Å². The molecule has 1 aliphatic heterocycles. The number of anilines is 1. The summed E-state index contributed by atoms with van der Waals surface area (Å²) in [6, 6.07) is 7.41. The van der Waals surface area contributed by atoms with Crippen LogP contribution >= 0.6 is 0 Å². The van der Waals surface area contributed by atoms with E-state index in [4.69, 9.17) is 0 Å². The molecule has 18 heavy (non-hydrogen) atoms. The van der Waals surface area contributed by atoms with Crippen LogP contribution in [0.2, 0.25) is 0 Å². The molecule has 0 radical (unpaired) electrons. The first kappa shape index (κ1) is 12.4. The highest BCUT2D eigenvalue weighted by Crippen LogP contribution is 2.20. The fourth-order valence-electron chi connectivity index (χ4n) is 1.92. The van der Waals surface area contributed by atoms with Gasteiger partial charge in [0.2, 0.25) is 0 Å². The van der Waals surface area contributed by atoms with E-state index in [0.717, 1.165) is 17.8 Å². The average Bonchev–Trinajstić information content (AvgIpc) is 2.71. The second-order valence-electron chi connectivity index (χ2n) is 4.28. The molecule has 5 heteroatoms. The summed E-state index contributed by atoms with van der Waals surface area (Å²) in [6.07, 6.45) is 0.255. The summed E-state index contributed by atoms with van der Waals surface area (Å²) >= 11 is 0. The van der Waals surface area contributed by atoms with Crippen LogP contribution in [0.1, 0.15) is 5.56 Å². The Hall–Kier alpha value is -2.04. The van der Waals surface area contributed by atoms with Crippen molar-refractivity contribution in [2.24, 2.45) is 0 Å². The van der Waals surface area contributed by atoms with Crippen LogP contribution in [-0.2, 0) is 16.0 Å². The lowest BCUT2D eigenvalue weighted by atomic mass is 10.1. The van der Waals surface area contributed by atoms with Crippen LogP contribution in [0, 0.1) is 0 Å². The van der Waals surface area contributed by atoms with Gasteiger partial charge in [0.25, 0.3) is 0 Å². The summed E-state index contributed by atoms with van der Waals surface area (Å²) in [7, 11) is 3.16. The zero-order chi connectivity index (χ0) is 13.1. The van der Waals surface area contributed by atoms with Crippen LogP contribution in [0.15, 0.2) is 24.3 Å². The molecule has 0 N–H and O–H groups in total. The first-order valence-electron chi connectivity index (χ1n) is 5.80. The quantitative estimate of drug-likeness (QED) is 0.757. The maximum absolute atomic E-state index is 11.8. The molecule has 2 rings (SSSR count). The highest BCUT2D eigenvalue weighted by atomic mass is 16.5. The Bertz CT molecular complexity index is 456. The van der Waals surface area contributed by atoms with Crippen molar-refractivity contribution in [2.75, 3.05) is 32.1 Å². The first-order chi connectivity index (χ1) is 8.61. The Morgan fingerprint density at radius 1 is 1.28 bits per heavy atom. The molecule has 0 bridgehead atoms. The molecule has 96 valence electrons. The van der Waals surface area contributed by atoms with E-state index >= 15 is 0 Å². The predicted molar refractivity (Wildman–Crippen MR) is 67.5 cm³/mol. The maximum Gasteiger partial charge on any atom is 0.324 e. The second-order valence-corrected chi connectivity index (χ2v) is 4.28. The molecule has 0 unspecified atom stereocenters. The van der Waals surface area contributed by atoms with E-state index in [1.807, 2.05) is 24.3 Å². The molecule has 0 aromatic heterocycles. The van der Waals surface area contributed by atoms with E-state index < -0.39 is 0 Å². The van der Waals surface area contributed by atoms with Gasteiger partial charge in [-0.05, 0) is 17.7 Å². The van der Waals surface area contributed by atoms with Gasteiger partial charge in [-0.3, -0.25) is 9.69 Å². The Balaban J connectivity index is 2.08. The number of carbonyl (C=O) groups excluding carboxylic acids is 2. The number of hydrogen-bond donors (Lipinski definition) is 0. The van der Waals surface area contributed by atoms with E-state index in [2.05, 4.69) is 4.74 Å². The molecular formula is C13H16N2O3. The lowest BCUT2D eigenvalue weighted by Gasteiger charge is -2.16. The van der Waals surface area contributed by atoms with Crippen LogP contribution in [0.3, 0.4) is 0 Å². The van der Waals surface area contributed by atoms with Gasteiger partial charge in [0.1, 0.15) is 0 Å². The number of likely N-dealkylation sites (N-methyl/N-ethyl adjacent to an activating group) is 1. The molecule has 0 atom stereocenters. The molecule has 1 saturated heterocycles. The molecule has 1 aromatic rings. The fourth-order valence-corrected chi connectivity index (χ4v) is 1.92. The van der Waals surface area contributed by atoms with Gasteiger partial charge in [-0.1, -0.05) is 12.1 Å². The molecule has 0 aliphatic carbocycles. The number of ether oxygens (including phenoxy) is 1. The van der Waals surface area contributed by atoms with Crippen molar-refractivity contribution in [1.82, 2.24) is 4.90 Å². The van der Waals surface area contributed by atoms with Gasteiger partial charge in [0, 0.05) is 25.8 Å². The number of benzene rings is 1. The first-order valence-corrected chi connectivity index (χ1v) is 5.80. The summed E-state index contributed by atoms with van der Waals surface area (Å²) in [5, 5.41) is 0. The highest BCUT2D eigenvalue weighted by Gasteiger charge is 2.26. The van der Waals surface area contributed by atoms with E-state index in [-0.39, 0.29) is 18.4 Å². The molecule has 1 aliphatic rings. The zero-order valence-corrected chi connectivity index (χ0v) is 10.5. The van der Waals surface area contributed by atoms with Crippen molar-refractivity contribution in [1.29, 1.82) is 0 Å². The number of carbonyl (C=O) groups is 2. The monoisotopic (exact) mass is 248 g/mol. The van der Waals surface area contributed by atoms with Crippen LogP contribution in [0.25, 0.3) is 0 Å². The van der Waals surface area contributed by atoms with Crippen LogP contribution in [-0.4, -0.2) is 44.1 Å². The lowest BCUT2D eigenvalue weighted by molar-refractivity contribution is -0.139. The number of amides is 2. The van der Waals surface area contributed by atoms with Gasteiger partial charge in [0.15, 0.2) is 0 Å². The van der Waals surface area contributed by atoms with Gasteiger partial charge in [0.05, 0.1) is 13.5 Å². The number of esters is 1. The van der Waals surface area contributed by atoms with Crippen LogP contribution < -0.4 is 4.90 Å². The minimum absolute atomic E-state index is 0.00992. The third kappa shape index (κ3) is 2.45. The zero-order valence-electron chi connectivity index (χ0n) is 10.5. The normalized spacial score (nSPS) is 15.1. The Morgan fingerprint density at radius 3 is 2.44 bits per heavy atom. The van der Waals surface area contributed by atoms with Crippen molar-refractivity contribution in [3.63, 3.8) is 0 Å². The summed E-state index contributed by atoms with van der Waals surface area (Å²) in [4.78, 5) is 26.3. The molecule has 2 amide bonds. The Labute approximate surface area is 106 Å². The fraction of sp³-hybridized carbons (Fsp3) is 0.385. The number of nitrogens with zero attached hydrogens (tertiary/aromatic N) is 2. The summed E-state index contributed by atoms with van der Waals surface area (Å²) in [6.45, 7) is 1.44. The number of methoxy groups -OCH3 is 1. The van der Waals surface area contributed by atoms with Crippen molar-refractivity contribution in [2.45, 2.75) is 6.42 Å². The summed E-state index contributed by atoms with van der Waals surface area (Å²) in [5.74, 6) is -0.264. The van der Waals surface area contributed by atoms with Crippen molar-refractivity contribution in [3.8, 4) is 0 Å². The number of hydrogen-bond acceptors (Lipinski definition) is 3. The number of urea groups is 1. The standard InChI is InChI=1S/C13H16N2O3/c1-14-7-8-15(13(14)17)11-5-3-10(4-6-11)9-12(16)18-2/h3-6H,7-9H2,1-2H3. The largest absolute Gasteiger partial charge is 0.469 e. The molecular weight excluding hydrogens is 232 g/mol. The molecule has 0 spiro atoms. The lowest BCUT2D eigenvalue weighted by Crippen LogP contribution is -2.29. The van der Waals surface area contributed by atoms with Crippen LogP contribution in [0.5, 0.6) is 0 Å². The van der Waals surface area contributed by atoms with Gasteiger partial charge in [-0.15, -0.1) is 0 Å². The topological polar surface area (TPSA) is 49.9 Å². The van der Waals surface area contributed by atoms with Gasteiger partial charge >= 0.3 is 12.0 Å². The summed E-state index contributed by atoms with van der Waals surface area (Å²) < 4.78 is 4.61. The minimum atomic E-state index is -0.264. The van der Waals surface area contributed by atoms with Crippen LogP contribution in [0.4, 0.5) is 10.5 Å². The third-order valence-corrected chi connectivity index (χ3v) is 3.04. The Kier molecular flexibility index (Phi) is 3.50. The third-order valence-electron chi connectivity index (χ3n) is 3.04. The smallest absolute Gasteiger partial charge is 0.324 e. The molecule has 1 fully saturated rings. The minimum Gasteiger partial charge on any atom is -0.469 e. The van der Waals surface area contributed by atoms with E-state index in [1.54, 1.807) is 16.8 Å². The van der Waals surface area contributed by atoms with Gasteiger partial charge in [-0.2, -0.15) is 0 Å². The average molecular weight is 248 g/mol. The molecule has 5 nitrogen and oxygen atoms in total. The summed E-state index contributed by atoms with van der Waals surface area (Å²) in [5.41, 5.74) is 1.74. The molecule has 1 aromatic carbocycles. The van der Waals surface area contributed by atoms with Crippen molar-refractivity contribution < 1.29 is 14.3 Å². The maximum atomic E-state index is 11.8. The van der Waals surface area contributed by atoms with Gasteiger partial charge in [-0.25, -0.2) is 4.79 Å². The molecule has 1 heterocycles. The Morgan fingerprint density at radius 2 is 1.94 bits per heavy atom. The van der Waals surface area contributed by atoms with Crippen molar-refractivity contribution in [3.05, 3.63) is 29.8 Å². The van der Waals surface area contributed by atoms with E-state index in [1.165, 1.54) is 7.11 Å². The number of rotatable bonds is 3. The SMILES string of the molecule is COC(=O)Cc1ccc(N2CCN(C)C2=O)cc1. The van der Waals surface area contributed by atoms with E-state index in [9.17, 15) is 9.59 Å². The molecule has 0 saturated carbocycles. The predicted octanol–water partition coefficient (Wildman–Crippen LogP) is 1.27.